The maximum absolute atomic E-state index is 13.6. The lowest BCUT2D eigenvalue weighted by atomic mass is 9.72. The molecular formula is C23H20BrN3O3. The number of anilines is 1. The first-order valence-corrected chi connectivity index (χ1v) is 11.1. The molecule has 152 valence electrons. The van der Waals surface area contributed by atoms with Crippen molar-refractivity contribution in [2.24, 2.45) is 0 Å². The molecule has 2 aromatic carbocycles. The van der Waals surface area contributed by atoms with E-state index in [0.29, 0.717) is 19.4 Å². The molecule has 1 spiro atoms. The highest BCUT2D eigenvalue weighted by Gasteiger charge is 2.67. The van der Waals surface area contributed by atoms with Gasteiger partial charge in [-0.15, -0.1) is 0 Å². The van der Waals surface area contributed by atoms with Crippen LogP contribution in [-0.2, 0) is 19.8 Å². The number of hydrogen-bond acceptors (Lipinski definition) is 3. The van der Waals surface area contributed by atoms with Crippen LogP contribution < -0.4 is 5.32 Å². The van der Waals surface area contributed by atoms with Gasteiger partial charge in [0.1, 0.15) is 17.5 Å². The number of carbonyl (C=O) groups excluding carboxylic acids is 3. The standard InChI is InChI=1S/C23H20BrN3O3/c24-14-9-7-13(8-10-14)19-23(15-4-1-2-5-16(15)25-22(23)30)12-18-20(28)26-11-3-6-17(26)21(29)27(18)19/h1-2,4-5,7-10,17-19H,3,6,11-12H2,(H,25,30)/t17-,18-,19-,23+/m0/s1. The Balaban J connectivity index is 1.59. The summed E-state index contributed by atoms with van der Waals surface area (Å²) in [6.07, 6.45) is 1.85. The highest BCUT2D eigenvalue weighted by atomic mass is 79.9. The van der Waals surface area contributed by atoms with Crippen molar-refractivity contribution in [3.8, 4) is 0 Å². The summed E-state index contributed by atoms with van der Waals surface area (Å²) in [7, 11) is 0. The van der Waals surface area contributed by atoms with E-state index < -0.39 is 23.5 Å². The number of amides is 3. The van der Waals surface area contributed by atoms with Crippen LogP contribution in [0, 0.1) is 0 Å². The van der Waals surface area contributed by atoms with E-state index in [9.17, 15) is 14.4 Å². The summed E-state index contributed by atoms with van der Waals surface area (Å²) in [5.41, 5.74) is 1.54. The van der Waals surface area contributed by atoms with Crippen molar-refractivity contribution in [2.75, 3.05) is 11.9 Å². The predicted molar refractivity (Wildman–Crippen MR) is 114 cm³/mol. The van der Waals surface area contributed by atoms with E-state index in [2.05, 4.69) is 21.2 Å². The predicted octanol–water partition coefficient (Wildman–Crippen LogP) is 2.99. The molecule has 30 heavy (non-hydrogen) atoms. The van der Waals surface area contributed by atoms with Gasteiger partial charge in [-0.3, -0.25) is 14.4 Å². The number of nitrogens with one attached hydrogen (secondary N) is 1. The van der Waals surface area contributed by atoms with Crippen molar-refractivity contribution in [3.05, 3.63) is 64.1 Å². The van der Waals surface area contributed by atoms with Gasteiger partial charge in [0.2, 0.25) is 17.7 Å². The number of piperazine rings is 1. The molecule has 4 atom stereocenters. The summed E-state index contributed by atoms with van der Waals surface area (Å²) < 4.78 is 0.925. The Morgan fingerprint density at radius 1 is 0.967 bits per heavy atom. The molecule has 6 rings (SSSR count). The normalized spacial score (nSPS) is 31.8. The lowest BCUT2D eigenvalue weighted by molar-refractivity contribution is -0.159. The number of carbonyl (C=O) groups is 3. The minimum atomic E-state index is -0.972. The highest BCUT2D eigenvalue weighted by Crippen LogP contribution is 2.58. The first-order valence-electron chi connectivity index (χ1n) is 10.3. The first kappa shape index (κ1) is 18.1. The van der Waals surface area contributed by atoms with Crippen molar-refractivity contribution in [1.29, 1.82) is 0 Å². The van der Waals surface area contributed by atoms with Gasteiger partial charge >= 0.3 is 0 Å². The molecule has 0 bridgehead atoms. The number of benzene rings is 2. The molecule has 0 unspecified atom stereocenters. The third-order valence-corrected chi connectivity index (χ3v) is 7.73. The van der Waals surface area contributed by atoms with E-state index in [1.54, 1.807) is 9.80 Å². The minimum Gasteiger partial charge on any atom is -0.329 e. The summed E-state index contributed by atoms with van der Waals surface area (Å²) in [4.78, 5) is 44.0. The SMILES string of the molecule is O=C1[C@@H]2C[C@]3(C(=O)Nc4ccccc43)[C@H](c3ccc(Br)cc3)N2C(=O)[C@@H]2CCCN12. The van der Waals surface area contributed by atoms with Crippen molar-refractivity contribution in [1.82, 2.24) is 9.80 Å². The average Bonchev–Trinajstić information content (AvgIpc) is 3.44. The number of nitrogens with zero attached hydrogens (tertiary/aromatic N) is 2. The molecule has 4 aliphatic heterocycles. The second-order valence-electron chi connectivity index (χ2n) is 8.58. The van der Waals surface area contributed by atoms with Crippen LogP contribution in [0.15, 0.2) is 53.0 Å². The molecule has 3 saturated heterocycles. The fourth-order valence-electron chi connectivity index (χ4n) is 5.97. The molecule has 3 amide bonds. The topological polar surface area (TPSA) is 69.7 Å². The second-order valence-corrected chi connectivity index (χ2v) is 9.50. The zero-order chi connectivity index (χ0) is 20.6. The average molecular weight is 466 g/mol. The quantitative estimate of drug-likeness (QED) is 0.703. The highest BCUT2D eigenvalue weighted by molar-refractivity contribution is 9.10. The van der Waals surface area contributed by atoms with E-state index in [1.807, 2.05) is 48.5 Å². The second kappa shape index (κ2) is 6.17. The molecule has 0 saturated carbocycles. The number of halogens is 1. The van der Waals surface area contributed by atoms with Gasteiger partial charge in [0, 0.05) is 16.7 Å². The molecule has 3 fully saturated rings. The molecule has 0 aliphatic carbocycles. The smallest absolute Gasteiger partial charge is 0.246 e. The maximum Gasteiger partial charge on any atom is 0.246 e. The van der Waals surface area contributed by atoms with E-state index in [4.69, 9.17) is 0 Å². The van der Waals surface area contributed by atoms with E-state index >= 15 is 0 Å². The Hall–Kier alpha value is -2.67. The van der Waals surface area contributed by atoms with Crippen molar-refractivity contribution in [3.63, 3.8) is 0 Å². The van der Waals surface area contributed by atoms with Gasteiger partial charge in [0.15, 0.2) is 0 Å². The van der Waals surface area contributed by atoms with Gasteiger partial charge < -0.3 is 15.1 Å². The Kier molecular flexibility index (Phi) is 3.73. The summed E-state index contributed by atoms with van der Waals surface area (Å²) in [5, 5.41) is 3.02. The first-order chi connectivity index (χ1) is 14.5. The van der Waals surface area contributed by atoms with Gasteiger partial charge in [-0.05, 0) is 48.6 Å². The van der Waals surface area contributed by atoms with Crippen LogP contribution in [0.5, 0.6) is 0 Å². The van der Waals surface area contributed by atoms with E-state index in [0.717, 1.165) is 27.7 Å². The van der Waals surface area contributed by atoms with Gasteiger partial charge in [-0.2, -0.15) is 0 Å². The number of hydrogen-bond donors (Lipinski definition) is 1. The summed E-state index contributed by atoms with van der Waals surface area (Å²) in [6, 6.07) is 13.9. The third-order valence-electron chi connectivity index (χ3n) is 7.20. The lowest BCUT2D eigenvalue weighted by Crippen LogP contribution is -2.61. The zero-order valence-corrected chi connectivity index (χ0v) is 17.8. The van der Waals surface area contributed by atoms with Gasteiger partial charge in [-0.25, -0.2) is 0 Å². The molecular weight excluding hydrogens is 446 g/mol. The molecule has 0 aromatic heterocycles. The number of fused-ring (bicyclic) bond motifs is 4. The van der Waals surface area contributed by atoms with Crippen molar-refractivity contribution in [2.45, 2.75) is 42.8 Å². The summed E-state index contributed by atoms with van der Waals surface area (Å²) in [5.74, 6) is -0.181. The van der Waals surface area contributed by atoms with Gasteiger partial charge in [0.25, 0.3) is 0 Å². The molecule has 4 heterocycles. The van der Waals surface area contributed by atoms with Gasteiger partial charge in [-0.1, -0.05) is 46.3 Å². The fourth-order valence-corrected chi connectivity index (χ4v) is 6.24. The van der Waals surface area contributed by atoms with Crippen molar-refractivity contribution < 1.29 is 14.4 Å². The fraction of sp³-hybridized carbons (Fsp3) is 0.348. The van der Waals surface area contributed by atoms with Crippen LogP contribution in [0.25, 0.3) is 0 Å². The molecule has 2 aromatic rings. The van der Waals surface area contributed by atoms with E-state index in [1.165, 1.54) is 0 Å². The summed E-state index contributed by atoms with van der Waals surface area (Å²) >= 11 is 3.47. The number of para-hydroxylation sites is 1. The Morgan fingerprint density at radius 3 is 2.53 bits per heavy atom. The van der Waals surface area contributed by atoms with Crippen LogP contribution >= 0.6 is 15.9 Å². The minimum absolute atomic E-state index is 0.0201. The number of rotatable bonds is 1. The van der Waals surface area contributed by atoms with E-state index in [-0.39, 0.29) is 17.7 Å². The Bertz CT molecular complexity index is 1100. The van der Waals surface area contributed by atoms with Crippen LogP contribution in [0.1, 0.15) is 36.4 Å². The zero-order valence-electron chi connectivity index (χ0n) is 16.2. The van der Waals surface area contributed by atoms with Crippen LogP contribution in [0.4, 0.5) is 5.69 Å². The Morgan fingerprint density at radius 2 is 1.73 bits per heavy atom. The summed E-state index contributed by atoms with van der Waals surface area (Å²) in [6.45, 7) is 0.623. The third kappa shape index (κ3) is 2.16. The maximum atomic E-state index is 13.6. The molecule has 6 nitrogen and oxygen atoms in total. The van der Waals surface area contributed by atoms with Crippen LogP contribution in [0.3, 0.4) is 0 Å². The monoisotopic (exact) mass is 465 g/mol. The molecule has 7 heteroatoms. The molecule has 1 N–H and O–H groups in total. The largest absolute Gasteiger partial charge is 0.329 e. The molecule has 0 radical (unpaired) electrons. The van der Waals surface area contributed by atoms with Crippen molar-refractivity contribution >= 4 is 39.3 Å². The lowest BCUT2D eigenvalue weighted by Gasteiger charge is -2.42. The molecule has 4 aliphatic rings. The van der Waals surface area contributed by atoms with Gasteiger partial charge in [0.05, 0.1) is 6.04 Å². The van der Waals surface area contributed by atoms with Crippen LogP contribution in [0.2, 0.25) is 0 Å². The van der Waals surface area contributed by atoms with Crippen LogP contribution in [-0.4, -0.2) is 46.1 Å². The Labute approximate surface area is 182 Å².